The molecule has 0 aliphatic heterocycles. The molecule has 0 aliphatic carbocycles. The molecule has 0 radical (unpaired) electrons. The molecule has 0 N–H and O–H groups in total. The molecule has 2 nitrogen and oxygen atoms in total. The molecule has 21 heavy (non-hydrogen) atoms. The third kappa shape index (κ3) is 3.36. The molecule has 0 heterocycles. The second kappa shape index (κ2) is 6.44. The number of hydrogen-bond donors (Lipinski definition) is 0. The molecule has 2 rings (SSSR count). The van der Waals surface area contributed by atoms with Crippen molar-refractivity contribution in [1.29, 1.82) is 5.26 Å². The maximum absolute atomic E-state index is 13.0. The lowest BCUT2D eigenvalue weighted by molar-refractivity contribution is 0.0979. The lowest BCUT2D eigenvalue weighted by Gasteiger charge is -2.11. The Hall–Kier alpha value is -1.60. The highest BCUT2D eigenvalue weighted by atomic mass is 35.5. The summed E-state index contributed by atoms with van der Waals surface area (Å²) in [6.07, 6.45) is 0. The van der Waals surface area contributed by atoms with Gasteiger partial charge in [0.2, 0.25) is 0 Å². The van der Waals surface area contributed by atoms with Crippen molar-refractivity contribution >= 4 is 40.6 Å². The fraction of sp³-hybridized carbons (Fsp3) is 0.0667. The molecule has 0 saturated heterocycles. The van der Waals surface area contributed by atoms with Crippen molar-refractivity contribution in [1.82, 2.24) is 0 Å². The Morgan fingerprint density at radius 1 is 1.05 bits per heavy atom. The number of Topliss-reactive ketones (excluding diaryl/α,β-unsaturated/α-hetero) is 1. The van der Waals surface area contributed by atoms with E-state index in [0.717, 1.165) is 12.1 Å². The van der Waals surface area contributed by atoms with Gasteiger partial charge in [0.15, 0.2) is 5.78 Å². The van der Waals surface area contributed by atoms with Crippen LogP contribution in [0, 0.1) is 17.1 Å². The van der Waals surface area contributed by atoms with Crippen LogP contribution in [-0.2, 0) is 0 Å². The summed E-state index contributed by atoms with van der Waals surface area (Å²) in [5.74, 6) is -2.18. The highest BCUT2D eigenvalue weighted by molar-refractivity contribution is 6.42. The number of carbonyl (C=O) groups is 1. The second-order valence-electron chi connectivity index (χ2n) is 4.22. The van der Waals surface area contributed by atoms with Gasteiger partial charge in [0.1, 0.15) is 11.7 Å². The molecule has 0 aromatic heterocycles. The van der Waals surface area contributed by atoms with Crippen molar-refractivity contribution in [3.63, 3.8) is 0 Å². The van der Waals surface area contributed by atoms with Gasteiger partial charge in [-0.15, -0.1) is 0 Å². The van der Waals surface area contributed by atoms with Gasteiger partial charge in [0.25, 0.3) is 0 Å². The van der Waals surface area contributed by atoms with Crippen LogP contribution in [0.1, 0.15) is 21.8 Å². The van der Waals surface area contributed by atoms with Crippen LogP contribution in [0.15, 0.2) is 36.4 Å². The summed E-state index contributed by atoms with van der Waals surface area (Å²) in [7, 11) is 0. The van der Waals surface area contributed by atoms with Gasteiger partial charge in [-0.1, -0.05) is 40.9 Å². The topological polar surface area (TPSA) is 40.9 Å². The van der Waals surface area contributed by atoms with Crippen LogP contribution in [-0.4, -0.2) is 5.78 Å². The average molecular weight is 343 g/mol. The molecule has 0 fully saturated rings. The molecule has 0 amide bonds. The fourth-order valence-electron chi connectivity index (χ4n) is 1.82. The summed E-state index contributed by atoms with van der Waals surface area (Å²) in [5.41, 5.74) is 0.480. The maximum atomic E-state index is 13.0. The minimum Gasteiger partial charge on any atom is -0.292 e. The van der Waals surface area contributed by atoms with E-state index in [4.69, 9.17) is 34.8 Å². The third-order valence-electron chi connectivity index (χ3n) is 2.86. The van der Waals surface area contributed by atoms with Gasteiger partial charge in [0, 0.05) is 5.56 Å². The molecule has 0 aliphatic rings. The van der Waals surface area contributed by atoms with Crippen LogP contribution in [0.25, 0.3) is 0 Å². The van der Waals surface area contributed by atoms with Crippen molar-refractivity contribution in [3.05, 3.63) is 68.4 Å². The monoisotopic (exact) mass is 341 g/mol. The number of benzene rings is 2. The molecule has 0 bridgehead atoms. The summed E-state index contributed by atoms with van der Waals surface area (Å²) >= 11 is 17.5. The van der Waals surface area contributed by atoms with Crippen LogP contribution in [0.4, 0.5) is 4.39 Å². The fourth-order valence-corrected chi connectivity index (χ4v) is 2.39. The minimum absolute atomic E-state index is 0.0414. The van der Waals surface area contributed by atoms with E-state index in [9.17, 15) is 14.4 Å². The molecule has 6 heteroatoms. The summed E-state index contributed by atoms with van der Waals surface area (Å²) in [5, 5.41) is 9.78. The molecular formula is C15H7Cl3FNO. The Morgan fingerprint density at radius 3 is 2.33 bits per heavy atom. The Bertz CT molecular complexity index is 755. The predicted molar refractivity (Wildman–Crippen MR) is 80.6 cm³/mol. The second-order valence-corrected chi connectivity index (χ2v) is 5.45. The smallest absolute Gasteiger partial charge is 0.185 e. The van der Waals surface area contributed by atoms with E-state index in [1.165, 1.54) is 24.3 Å². The molecule has 1 unspecified atom stereocenters. The minimum atomic E-state index is -1.09. The van der Waals surface area contributed by atoms with Gasteiger partial charge in [-0.25, -0.2) is 4.39 Å². The third-order valence-corrected chi connectivity index (χ3v) is 3.92. The zero-order chi connectivity index (χ0) is 15.6. The summed E-state index contributed by atoms with van der Waals surface area (Å²) in [6, 6.07) is 9.79. The van der Waals surface area contributed by atoms with E-state index in [1.807, 2.05) is 6.07 Å². The first-order valence-corrected chi connectivity index (χ1v) is 6.91. The standard InChI is InChI=1S/C15H7Cl3FNO/c16-12-4-1-8(5-14(12)18)11(7-20)15(21)10-3-2-9(19)6-13(10)17/h1-6,11H. The van der Waals surface area contributed by atoms with Crippen LogP contribution in [0.3, 0.4) is 0 Å². The van der Waals surface area contributed by atoms with Crippen LogP contribution < -0.4 is 0 Å². The summed E-state index contributed by atoms with van der Waals surface area (Å²) in [4.78, 5) is 12.4. The molecule has 0 spiro atoms. The van der Waals surface area contributed by atoms with Crippen molar-refractivity contribution in [2.75, 3.05) is 0 Å². The van der Waals surface area contributed by atoms with E-state index in [2.05, 4.69) is 0 Å². The van der Waals surface area contributed by atoms with Crippen LogP contribution in [0.2, 0.25) is 15.1 Å². The van der Waals surface area contributed by atoms with Gasteiger partial charge >= 0.3 is 0 Å². The number of ketones is 1. The highest BCUT2D eigenvalue weighted by Gasteiger charge is 2.24. The highest BCUT2D eigenvalue weighted by Crippen LogP contribution is 2.30. The van der Waals surface area contributed by atoms with Gasteiger partial charge in [-0.05, 0) is 35.9 Å². The van der Waals surface area contributed by atoms with E-state index in [-0.39, 0.29) is 15.6 Å². The number of nitriles is 1. The van der Waals surface area contributed by atoms with E-state index >= 15 is 0 Å². The van der Waals surface area contributed by atoms with Crippen molar-refractivity contribution < 1.29 is 9.18 Å². The molecule has 2 aromatic carbocycles. The lowest BCUT2D eigenvalue weighted by Crippen LogP contribution is -2.12. The molecule has 106 valence electrons. The zero-order valence-electron chi connectivity index (χ0n) is 10.4. The van der Waals surface area contributed by atoms with Crippen molar-refractivity contribution in [2.45, 2.75) is 5.92 Å². The van der Waals surface area contributed by atoms with Crippen molar-refractivity contribution in [3.8, 4) is 6.07 Å². The number of nitrogens with zero attached hydrogens (tertiary/aromatic N) is 1. The van der Waals surface area contributed by atoms with Crippen LogP contribution >= 0.6 is 34.8 Å². The molecule has 0 saturated carbocycles. The van der Waals surface area contributed by atoms with Crippen LogP contribution in [0.5, 0.6) is 0 Å². The zero-order valence-corrected chi connectivity index (χ0v) is 12.7. The first-order chi connectivity index (χ1) is 9.93. The van der Waals surface area contributed by atoms with Crippen molar-refractivity contribution in [2.24, 2.45) is 0 Å². The number of rotatable bonds is 3. The molecular weight excluding hydrogens is 336 g/mol. The van der Waals surface area contributed by atoms with Gasteiger partial charge in [-0.3, -0.25) is 4.79 Å². The molecule has 1 atom stereocenters. The Morgan fingerprint density at radius 2 is 1.76 bits per heavy atom. The maximum Gasteiger partial charge on any atom is 0.185 e. The summed E-state index contributed by atoms with van der Waals surface area (Å²) < 4.78 is 13.0. The van der Waals surface area contributed by atoms with E-state index in [0.29, 0.717) is 10.6 Å². The normalized spacial score (nSPS) is 11.8. The SMILES string of the molecule is N#CC(C(=O)c1ccc(F)cc1Cl)c1ccc(Cl)c(Cl)c1. The Labute approximate surface area is 135 Å². The van der Waals surface area contributed by atoms with E-state index < -0.39 is 17.5 Å². The number of hydrogen-bond acceptors (Lipinski definition) is 2. The first kappa shape index (κ1) is 15.8. The summed E-state index contributed by atoms with van der Waals surface area (Å²) in [6.45, 7) is 0. The van der Waals surface area contributed by atoms with Gasteiger partial charge in [-0.2, -0.15) is 5.26 Å². The average Bonchev–Trinajstić information content (AvgIpc) is 2.43. The lowest BCUT2D eigenvalue weighted by atomic mass is 9.92. The molecule has 2 aromatic rings. The Balaban J connectivity index is 2.43. The number of carbonyl (C=O) groups excluding carboxylic acids is 1. The largest absolute Gasteiger partial charge is 0.292 e. The van der Waals surface area contributed by atoms with Gasteiger partial charge < -0.3 is 0 Å². The van der Waals surface area contributed by atoms with E-state index in [1.54, 1.807) is 0 Å². The number of halogens is 4. The quantitative estimate of drug-likeness (QED) is 0.712. The Kier molecular flexibility index (Phi) is 4.84. The first-order valence-electron chi connectivity index (χ1n) is 5.78. The van der Waals surface area contributed by atoms with Gasteiger partial charge in [0.05, 0.1) is 21.1 Å². The predicted octanol–water partition coefficient (Wildman–Crippen LogP) is 5.28.